The van der Waals surface area contributed by atoms with Crippen LogP contribution in [0, 0.1) is 0 Å². The van der Waals surface area contributed by atoms with Gasteiger partial charge in [-0.1, -0.05) is 41.4 Å². The zero-order valence-corrected chi connectivity index (χ0v) is 15.4. The Labute approximate surface area is 151 Å². The van der Waals surface area contributed by atoms with Crippen LogP contribution in [0.5, 0.6) is 0 Å². The van der Waals surface area contributed by atoms with E-state index in [0.29, 0.717) is 34.1 Å². The highest BCUT2D eigenvalue weighted by atomic mass is 35.5. The maximum atomic E-state index is 12.1. The lowest BCUT2D eigenvalue weighted by Crippen LogP contribution is -2.25. The molecule has 0 aliphatic heterocycles. The summed E-state index contributed by atoms with van der Waals surface area (Å²) in [4.78, 5) is 12.1. The van der Waals surface area contributed by atoms with Crippen LogP contribution in [0.15, 0.2) is 42.5 Å². The number of carbonyl (C=O) groups excluding carboxylic acids is 1. The SMILES string of the molecule is CS(=O)(=O)Cc1ccc(C(=O)NCCc2ccc(Cl)cc2Cl)cc1. The third-order valence-electron chi connectivity index (χ3n) is 3.34. The normalized spacial score (nSPS) is 11.3. The van der Waals surface area contributed by atoms with Gasteiger partial charge in [0.25, 0.3) is 5.91 Å². The maximum Gasteiger partial charge on any atom is 0.251 e. The molecule has 1 N–H and O–H groups in total. The predicted molar refractivity (Wildman–Crippen MR) is 97.5 cm³/mol. The Morgan fingerprint density at radius 2 is 1.75 bits per heavy atom. The van der Waals surface area contributed by atoms with Gasteiger partial charge in [-0.05, 0) is 41.8 Å². The highest BCUT2D eigenvalue weighted by molar-refractivity contribution is 7.89. The molecule has 128 valence electrons. The summed E-state index contributed by atoms with van der Waals surface area (Å²) < 4.78 is 22.5. The molecule has 0 bridgehead atoms. The van der Waals surface area contributed by atoms with Crippen molar-refractivity contribution in [3.63, 3.8) is 0 Å². The average Bonchev–Trinajstić information content (AvgIpc) is 2.48. The van der Waals surface area contributed by atoms with Crippen molar-refractivity contribution in [3.8, 4) is 0 Å². The molecule has 0 aromatic heterocycles. The summed E-state index contributed by atoms with van der Waals surface area (Å²) in [6.45, 7) is 0.436. The molecule has 0 aliphatic carbocycles. The van der Waals surface area contributed by atoms with Gasteiger partial charge in [0.2, 0.25) is 0 Å². The first-order valence-corrected chi connectivity index (χ1v) is 10.0. The quantitative estimate of drug-likeness (QED) is 0.827. The van der Waals surface area contributed by atoms with Crippen molar-refractivity contribution in [2.24, 2.45) is 0 Å². The average molecular weight is 386 g/mol. The number of amides is 1. The zero-order chi connectivity index (χ0) is 17.7. The number of sulfone groups is 1. The molecule has 0 unspecified atom stereocenters. The Morgan fingerprint density at radius 1 is 1.08 bits per heavy atom. The minimum atomic E-state index is -3.08. The first-order chi connectivity index (χ1) is 11.2. The predicted octanol–water partition coefficient (Wildman–Crippen LogP) is 3.51. The molecule has 0 aliphatic rings. The van der Waals surface area contributed by atoms with E-state index < -0.39 is 9.84 Å². The van der Waals surface area contributed by atoms with Gasteiger partial charge in [0.15, 0.2) is 9.84 Å². The summed E-state index contributed by atoms with van der Waals surface area (Å²) in [7, 11) is -3.08. The van der Waals surface area contributed by atoms with E-state index in [4.69, 9.17) is 23.2 Å². The molecule has 4 nitrogen and oxygen atoms in total. The Hall–Kier alpha value is -1.56. The fourth-order valence-corrected chi connectivity index (χ4v) is 3.49. The Morgan fingerprint density at radius 3 is 2.33 bits per heavy atom. The second-order valence-electron chi connectivity index (χ2n) is 5.51. The van der Waals surface area contributed by atoms with Crippen LogP contribution in [0.25, 0.3) is 0 Å². The van der Waals surface area contributed by atoms with Crippen molar-refractivity contribution in [1.82, 2.24) is 5.32 Å². The summed E-state index contributed by atoms with van der Waals surface area (Å²) in [6, 6.07) is 11.8. The second-order valence-corrected chi connectivity index (χ2v) is 8.49. The molecule has 0 fully saturated rings. The monoisotopic (exact) mass is 385 g/mol. The van der Waals surface area contributed by atoms with Gasteiger partial charge in [-0.25, -0.2) is 8.42 Å². The number of hydrogen-bond acceptors (Lipinski definition) is 3. The van der Waals surface area contributed by atoms with Crippen LogP contribution in [-0.4, -0.2) is 27.1 Å². The van der Waals surface area contributed by atoms with E-state index in [1.165, 1.54) is 6.26 Å². The molecular formula is C17H17Cl2NO3S. The number of hydrogen-bond donors (Lipinski definition) is 1. The zero-order valence-electron chi connectivity index (χ0n) is 13.1. The van der Waals surface area contributed by atoms with Gasteiger partial charge < -0.3 is 5.32 Å². The lowest BCUT2D eigenvalue weighted by Gasteiger charge is -2.08. The third-order valence-corrected chi connectivity index (χ3v) is 4.78. The molecule has 2 aromatic carbocycles. The van der Waals surface area contributed by atoms with E-state index in [1.54, 1.807) is 36.4 Å². The Balaban J connectivity index is 1.90. The fourth-order valence-electron chi connectivity index (χ4n) is 2.19. The molecule has 24 heavy (non-hydrogen) atoms. The summed E-state index contributed by atoms with van der Waals surface area (Å²) in [5.74, 6) is -0.254. The van der Waals surface area contributed by atoms with Crippen LogP contribution < -0.4 is 5.32 Å². The van der Waals surface area contributed by atoms with Crippen LogP contribution in [0.2, 0.25) is 10.0 Å². The van der Waals surface area contributed by atoms with Crippen LogP contribution in [-0.2, 0) is 22.0 Å². The van der Waals surface area contributed by atoms with Crippen LogP contribution in [0.1, 0.15) is 21.5 Å². The van der Waals surface area contributed by atoms with E-state index in [2.05, 4.69) is 5.32 Å². The minimum Gasteiger partial charge on any atom is -0.352 e. The summed E-state index contributed by atoms with van der Waals surface area (Å²) in [6.07, 6.45) is 1.77. The van der Waals surface area contributed by atoms with Crippen molar-refractivity contribution in [1.29, 1.82) is 0 Å². The molecule has 0 heterocycles. The van der Waals surface area contributed by atoms with Crippen LogP contribution in [0.4, 0.5) is 0 Å². The molecule has 2 aromatic rings. The van der Waals surface area contributed by atoms with Gasteiger partial charge in [-0.2, -0.15) is 0 Å². The first kappa shape index (κ1) is 18.8. The fraction of sp³-hybridized carbons (Fsp3) is 0.235. The van der Waals surface area contributed by atoms with Crippen LogP contribution in [0.3, 0.4) is 0 Å². The number of halogens is 2. The second kappa shape index (κ2) is 8.01. The molecule has 0 saturated carbocycles. The van der Waals surface area contributed by atoms with Gasteiger partial charge >= 0.3 is 0 Å². The lowest BCUT2D eigenvalue weighted by molar-refractivity contribution is 0.0954. The van der Waals surface area contributed by atoms with Crippen molar-refractivity contribution < 1.29 is 13.2 Å². The topological polar surface area (TPSA) is 63.2 Å². The van der Waals surface area contributed by atoms with Crippen molar-refractivity contribution in [2.45, 2.75) is 12.2 Å². The molecular weight excluding hydrogens is 369 g/mol. The number of carbonyl (C=O) groups is 1. The summed E-state index contributed by atoms with van der Waals surface area (Å²) in [5.41, 5.74) is 2.04. The molecule has 0 radical (unpaired) electrons. The third kappa shape index (κ3) is 5.82. The molecule has 0 atom stereocenters. The van der Waals surface area contributed by atoms with Crippen LogP contribution >= 0.6 is 23.2 Å². The highest BCUT2D eigenvalue weighted by Crippen LogP contribution is 2.21. The van der Waals surface area contributed by atoms with Gasteiger partial charge in [0, 0.05) is 28.4 Å². The molecule has 7 heteroatoms. The number of rotatable bonds is 6. The standard InChI is InChI=1S/C17H17Cl2NO3S/c1-24(22,23)11-12-2-4-14(5-3-12)17(21)20-9-8-13-6-7-15(18)10-16(13)19/h2-7,10H,8-9,11H2,1H3,(H,20,21). The van der Waals surface area contributed by atoms with E-state index in [0.717, 1.165) is 5.56 Å². The van der Waals surface area contributed by atoms with Gasteiger partial charge in [-0.15, -0.1) is 0 Å². The first-order valence-electron chi connectivity index (χ1n) is 7.23. The summed E-state index contributed by atoms with van der Waals surface area (Å²) in [5, 5.41) is 3.95. The lowest BCUT2D eigenvalue weighted by atomic mass is 10.1. The molecule has 0 saturated heterocycles. The smallest absolute Gasteiger partial charge is 0.251 e. The number of benzene rings is 2. The largest absolute Gasteiger partial charge is 0.352 e. The van der Waals surface area contributed by atoms with Crippen molar-refractivity contribution >= 4 is 38.9 Å². The van der Waals surface area contributed by atoms with Gasteiger partial charge in [0.05, 0.1) is 5.75 Å². The van der Waals surface area contributed by atoms with Crippen molar-refractivity contribution in [2.75, 3.05) is 12.8 Å². The highest BCUT2D eigenvalue weighted by Gasteiger charge is 2.08. The molecule has 2 rings (SSSR count). The van der Waals surface area contributed by atoms with Crippen molar-refractivity contribution in [3.05, 3.63) is 69.2 Å². The molecule has 0 spiro atoms. The Bertz CT molecular complexity index is 833. The van der Waals surface area contributed by atoms with Gasteiger partial charge in [-0.3, -0.25) is 4.79 Å². The summed E-state index contributed by atoms with van der Waals surface area (Å²) >= 11 is 11.9. The Kier molecular flexibility index (Phi) is 6.27. The van der Waals surface area contributed by atoms with E-state index in [9.17, 15) is 13.2 Å². The van der Waals surface area contributed by atoms with Gasteiger partial charge in [0.1, 0.15) is 0 Å². The van der Waals surface area contributed by atoms with E-state index in [-0.39, 0.29) is 11.7 Å². The maximum absolute atomic E-state index is 12.1. The number of nitrogens with one attached hydrogen (secondary N) is 1. The molecule has 1 amide bonds. The minimum absolute atomic E-state index is 0.0377. The van der Waals surface area contributed by atoms with E-state index in [1.807, 2.05) is 6.07 Å². The van der Waals surface area contributed by atoms with E-state index >= 15 is 0 Å².